The zero-order valence-electron chi connectivity index (χ0n) is 13.8. The number of hydrogen-bond donors (Lipinski definition) is 3. The smallest absolute Gasteiger partial charge is 0.310 e. The minimum absolute atomic E-state index is 0.0439. The zero-order chi connectivity index (χ0) is 18.6. The molecule has 0 fully saturated rings. The van der Waals surface area contributed by atoms with E-state index >= 15 is 0 Å². The summed E-state index contributed by atoms with van der Waals surface area (Å²) in [6.45, 7) is 0. The third-order valence-corrected chi connectivity index (χ3v) is 4.57. The van der Waals surface area contributed by atoms with Gasteiger partial charge in [-0.25, -0.2) is 15.0 Å². The molecule has 4 aromatic rings. The number of fused-ring (bicyclic) bond motifs is 1. The molecule has 0 radical (unpaired) electrons. The quantitative estimate of drug-likeness (QED) is 0.337. The number of para-hydroxylation sites is 2. The number of thiazole rings is 1. The first-order valence-electron chi connectivity index (χ1n) is 7.90. The number of hydrogen-bond acceptors (Lipinski definition) is 9. The van der Waals surface area contributed by atoms with E-state index in [1.807, 2.05) is 54.6 Å². The normalized spacial score (nSPS) is 10.5. The van der Waals surface area contributed by atoms with Crippen molar-refractivity contribution in [2.45, 2.75) is 0 Å². The molecule has 0 saturated heterocycles. The van der Waals surface area contributed by atoms with Crippen LogP contribution in [0.3, 0.4) is 0 Å². The van der Waals surface area contributed by atoms with E-state index < -0.39 is 4.92 Å². The molecule has 2 aromatic carbocycles. The second kappa shape index (κ2) is 7.22. The summed E-state index contributed by atoms with van der Waals surface area (Å²) in [5.41, 5.74) is 6.92. The Kier molecular flexibility index (Phi) is 4.45. The number of nitrogens with one attached hydrogen (secondary N) is 3. The SMILES string of the molecule is O=[N+]([O-])c1c(NNc2ccccc2)ncnc1Nc1nc2ccccc2s1. The maximum absolute atomic E-state index is 11.6. The van der Waals surface area contributed by atoms with E-state index in [1.54, 1.807) is 0 Å². The van der Waals surface area contributed by atoms with Gasteiger partial charge in [-0.2, -0.15) is 0 Å². The standard InChI is InChI=1S/C17H13N7O2S/c25-24(26)14-15(21-17-20-12-8-4-5-9-13(12)27-17)18-10-19-16(14)23-22-11-6-2-1-3-7-11/h1-10,22H,(H2,18,19,20,21,23). The number of anilines is 4. The monoisotopic (exact) mass is 379 g/mol. The first kappa shape index (κ1) is 16.7. The summed E-state index contributed by atoms with van der Waals surface area (Å²) < 4.78 is 0.973. The van der Waals surface area contributed by atoms with Crippen LogP contribution in [0.1, 0.15) is 0 Å². The third-order valence-electron chi connectivity index (χ3n) is 3.62. The summed E-state index contributed by atoms with van der Waals surface area (Å²) in [5.74, 6) is 0.105. The molecule has 0 aliphatic heterocycles. The minimum atomic E-state index is -0.537. The lowest BCUT2D eigenvalue weighted by atomic mass is 10.3. The van der Waals surface area contributed by atoms with Gasteiger partial charge < -0.3 is 5.32 Å². The van der Waals surface area contributed by atoms with E-state index in [9.17, 15) is 10.1 Å². The van der Waals surface area contributed by atoms with Gasteiger partial charge >= 0.3 is 5.69 Å². The average Bonchev–Trinajstić information content (AvgIpc) is 3.09. The molecule has 0 bridgehead atoms. The van der Waals surface area contributed by atoms with Crippen molar-refractivity contribution in [3.05, 3.63) is 71.0 Å². The summed E-state index contributed by atoms with van der Waals surface area (Å²) in [4.78, 5) is 23.5. The van der Waals surface area contributed by atoms with Crippen LogP contribution in [0.5, 0.6) is 0 Å². The summed E-state index contributed by atoms with van der Waals surface area (Å²) in [6.07, 6.45) is 1.25. The van der Waals surface area contributed by atoms with Gasteiger partial charge in [0.25, 0.3) is 0 Å². The number of aromatic nitrogens is 3. The predicted molar refractivity (Wildman–Crippen MR) is 105 cm³/mol. The highest BCUT2D eigenvalue weighted by atomic mass is 32.1. The van der Waals surface area contributed by atoms with Crippen molar-refractivity contribution in [2.75, 3.05) is 16.2 Å². The second-order valence-corrected chi connectivity index (χ2v) is 6.44. The fraction of sp³-hybridized carbons (Fsp3) is 0. The number of rotatable bonds is 6. The van der Waals surface area contributed by atoms with Crippen LogP contribution < -0.4 is 16.2 Å². The first-order valence-corrected chi connectivity index (χ1v) is 8.71. The Morgan fingerprint density at radius 1 is 0.926 bits per heavy atom. The molecule has 0 aliphatic rings. The van der Waals surface area contributed by atoms with Crippen LogP contribution in [0.15, 0.2) is 60.9 Å². The van der Waals surface area contributed by atoms with Crippen molar-refractivity contribution in [3.8, 4) is 0 Å². The van der Waals surface area contributed by atoms with Crippen molar-refractivity contribution in [3.63, 3.8) is 0 Å². The Bertz CT molecular complexity index is 1070. The van der Waals surface area contributed by atoms with Gasteiger partial charge in [-0.3, -0.25) is 21.0 Å². The van der Waals surface area contributed by atoms with E-state index in [4.69, 9.17) is 0 Å². The number of nitrogens with zero attached hydrogens (tertiary/aromatic N) is 4. The lowest BCUT2D eigenvalue weighted by Crippen LogP contribution is -2.13. The summed E-state index contributed by atoms with van der Waals surface area (Å²) in [7, 11) is 0. The van der Waals surface area contributed by atoms with Gasteiger partial charge in [-0.15, -0.1) is 0 Å². The fourth-order valence-electron chi connectivity index (χ4n) is 2.41. The lowest BCUT2D eigenvalue weighted by molar-refractivity contribution is -0.383. The molecule has 0 spiro atoms. The molecule has 0 saturated carbocycles. The number of hydrazine groups is 1. The lowest BCUT2D eigenvalue weighted by Gasteiger charge is -2.10. The third kappa shape index (κ3) is 3.60. The molecule has 27 heavy (non-hydrogen) atoms. The average molecular weight is 379 g/mol. The molecule has 2 aromatic heterocycles. The largest absolute Gasteiger partial charge is 0.355 e. The van der Waals surface area contributed by atoms with Crippen molar-refractivity contribution < 1.29 is 4.92 Å². The molecular formula is C17H13N7O2S. The van der Waals surface area contributed by atoms with Crippen LogP contribution in [0, 0.1) is 10.1 Å². The molecule has 134 valence electrons. The predicted octanol–water partition coefficient (Wildman–Crippen LogP) is 4.18. The highest BCUT2D eigenvalue weighted by Crippen LogP contribution is 2.33. The Morgan fingerprint density at radius 3 is 2.44 bits per heavy atom. The van der Waals surface area contributed by atoms with Crippen LogP contribution in [-0.2, 0) is 0 Å². The van der Waals surface area contributed by atoms with Crippen LogP contribution in [0.4, 0.5) is 28.1 Å². The van der Waals surface area contributed by atoms with E-state index in [1.165, 1.54) is 17.7 Å². The van der Waals surface area contributed by atoms with E-state index in [0.717, 1.165) is 15.9 Å². The van der Waals surface area contributed by atoms with Gasteiger partial charge in [0.05, 0.1) is 20.8 Å². The van der Waals surface area contributed by atoms with E-state index in [2.05, 4.69) is 31.1 Å². The maximum atomic E-state index is 11.6. The Hall–Kier alpha value is -3.79. The molecule has 0 unspecified atom stereocenters. The summed E-state index contributed by atoms with van der Waals surface area (Å²) in [6, 6.07) is 16.8. The molecule has 10 heteroatoms. The van der Waals surface area contributed by atoms with E-state index in [0.29, 0.717) is 5.13 Å². The van der Waals surface area contributed by atoms with Crippen LogP contribution in [-0.4, -0.2) is 19.9 Å². The van der Waals surface area contributed by atoms with Gasteiger partial charge in [0.2, 0.25) is 11.6 Å². The molecular weight excluding hydrogens is 366 g/mol. The molecule has 4 rings (SSSR count). The van der Waals surface area contributed by atoms with Crippen LogP contribution >= 0.6 is 11.3 Å². The number of nitro groups is 1. The van der Waals surface area contributed by atoms with Crippen molar-refractivity contribution >= 4 is 49.7 Å². The van der Waals surface area contributed by atoms with Gasteiger partial charge in [-0.05, 0) is 24.3 Å². The molecule has 0 aliphatic carbocycles. The Labute approximate surface area is 157 Å². The minimum Gasteiger partial charge on any atom is -0.310 e. The molecule has 3 N–H and O–H groups in total. The second-order valence-electron chi connectivity index (χ2n) is 5.40. The van der Waals surface area contributed by atoms with Crippen LogP contribution in [0.25, 0.3) is 10.2 Å². The first-order chi connectivity index (χ1) is 13.2. The highest BCUT2D eigenvalue weighted by molar-refractivity contribution is 7.22. The van der Waals surface area contributed by atoms with Crippen LogP contribution in [0.2, 0.25) is 0 Å². The Morgan fingerprint density at radius 2 is 1.67 bits per heavy atom. The molecule has 0 amide bonds. The van der Waals surface area contributed by atoms with Crippen molar-refractivity contribution in [1.29, 1.82) is 0 Å². The zero-order valence-corrected chi connectivity index (χ0v) is 14.6. The molecule has 0 atom stereocenters. The van der Waals surface area contributed by atoms with Gasteiger partial charge in [-0.1, -0.05) is 41.7 Å². The topological polar surface area (TPSA) is 118 Å². The maximum Gasteiger partial charge on any atom is 0.355 e. The van der Waals surface area contributed by atoms with E-state index in [-0.39, 0.29) is 17.3 Å². The number of benzene rings is 2. The van der Waals surface area contributed by atoms with Gasteiger partial charge in [0.1, 0.15) is 6.33 Å². The summed E-state index contributed by atoms with van der Waals surface area (Å²) >= 11 is 1.39. The highest BCUT2D eigenvalue weighted by Gasteiger charge is 2.24. The van der Waals surface area contributed by atoms with Gasteiger partial charge in [0, 0.05) is 0 Å². The Balaban J connectivity index is 1.63. The fourth-order valence-corrected chi connectivity index (χ4v) is 3.28. The summed E-state index contributed by atoms with van der Waals surface area (Å²) in [5, 5.41) is 15.1. The molecule has 9 nitrogen and oxygen atoms in total. The van der Waals surface area contributed by atoms with Crippen molar-refractivity contribution in [2.24, 2.45) is 0 Å². The van der Waals surface area contributed by atoms with Crippen molar-refractivity contribution in [1.82, 2.24) is 15.0 Å². The molecule has 2 heterocycles. The van der Waals surface area contributed by atoms with Gasteiger partial charge in [0.15, 0.2) is 5.13 Å².